The van der Waals surface area contributed by atoms with Gasteiger partial charge in [0.1, 0.15) is 17.9 Å². The Kier molecular flexibility index (Phi) is 10.6. The summed E-state index contributed by atoms with van der Waals surface area (Å²) >= 11 is 6.31. The minimum atomic E-state index is -4.08. The number of carbonyl (C=O) groups is 4. The van der Waals surface area contributed by atoms with Gasteiger partial charge in [-0.2, -0.15) is 0 Å². The molecule has 0 unspecified atom stereocenters. The normalized spacial score (nSPS) is 33.4. The summed E-state index contributed by atoms with van der Waals surface area (Å²) in [6, 6.07) is 3.98. The number of aromatic nitrogens is 2. The second-order valence-electron chi connectivity index (χ2n) is 18.5. The molecule has 3 heterocycles. The summed E-state index contributed by atoms with van der Waals surface area (Å²) in [5.74, 6) is -3.62. The molecule has 0 radical (unpaired) electrons. The average molecular weight is 833 g/mol. The summed E-state index contributed by atoms with van der Waals surface area (Å²) < 4.78 is 68.6. The molecule has 1 N–H and O–H groups in total. The van der Waals surface area contributed by atoms with Gasteiger partial charge < -0.3 is 14.4 Å². The maximum absolute atomic E-state index is 14.8. The van der Waals surface area contributed by atoms with Gasteiger partial charge in [-0.1, -0.05) is 45.2 Å². The van der Waals surface area contributed by atoms with E-state index >= 15 is 0 Å². The molecule has 1 aromatic heterocycles. The van der Waals surface area contributed by atoms with Gasteiger partial charge in [-0.3, -0.25) is 23.9 Å². The minimum absolute atomic E-state index is 0.0511. The predicted octanol–water partition coefficient (Wildman–Crippen LogP) is 6.21. The summed E-state index contributed by atoms with van der Waals surface area (Å²) in [4.78, 5) is 67.5. The van der Waals surface area contributed by atoms with E-state index in [-0.39, 0.29) is 43.7 Å². The minimum Gasteiger partial charge on any atom is -0.471 e. The van der Waals surface area contributed by atoms with E-state index < -0.39 is 86.5 Å². The van der Waals surface area contributed by atoms with Gasteiger partial charge in [-0.15, -0.1) is 0 Å². The summed E-state index contributed by atoms with van der Waals surface area (Å²) in [5.41, 5.74) is -0.956. The summed E-state index contributed by atoms with van der Waals surface area (Å²) in [5, 5.41) is -0.317. The molecule has 12 nitrogen and oxygen atoms in total. The number of carbonyl (C=O) groups excluding carboxylic acids is 4. The lowest BCUT2D eigenvalue weighted by molar-refractivity contribution is -0.158. The monoisotopic (exact) mass is 832 g/mol. The van der Waals surface area contributed by atoms with E-state index in [9.17, 15) is 36.4 Å². The molecule has 1 saturated heterocycles. The van der Waals surface area contributed by atoms with Crippen LogP contribution in [-0.4, -0.2) is 83.3 Å². The Bertz CT molecular complexity index is 2080. The maximum atomic E-state index is 14.8. The first kappa shape index (κ1) is 40.3. The van der Waals surface area contributed by atoms with Gasteiger partial charge in [0.2, 0.25) is 34.1 Å². The standard InChI is InChI=1S/C41H51ClF2N4O8S/c1-40(2,3)27-17-35(50)56-34-14-21-13-26(21)25(34)7-5-4-6-8-30-37(46-31-15-22(42)9-12-29(31)45-30)55-23-16-32(48(20-23)38(27)51)33(49)19-41(18-28(41)36(43)44)39(52)47-57(53,54)24-10-11-24/h9,12,15,21,23-28,32,34,36H,4-8,10-11,13-14,16-20H2,1-3H3,(H,47,52)/t21-,23+,25+,26-,27+,28-,32-,34+,41+/m0/s1. The first-order chi connectivity index (χ1) is 26.9. The van der Waals surface area contributed by atoms with Gasteiger partial charge in [-0.25, -0.2) is 27.2 Å². The lowest BCUT2D eigenvalue weighted by Gasteiger charge is -2.35. The van der Waals surface area contributed by atoms with E-state index in [4.69, 9.17) is 31.0 Å². The Hall–Kier alpha value is -3.46. The number of ether oxygens (including phenoxy) is 2. The number of aryl methyl sites for hydroxylation is 1. The molecule has 2 aromatic rings. The molecule has 16 heteroatoms. The van der Waals surface area contributed by atoms with Crippen LogP contribution in [0.25, 0.3) is 11.0 Å². The smallest absolute Gasteiger partial charge is 0.306 e. The van der Waals surface area contributed by atoms with Crippen molar-refractivity contribution in [3.05, 3.63) is 28.9 Å². The number of esters is 1. The van der Waals surface area contributed by atoms with E-state index in [0.717, 1.165) is 38.5 Å². The molecule has 310 valence electrons. The zero-order valence-corrected chi connectivity index (χ0v) is 34.1. The number of nitrogens with zero attached hydrogens (tertiary/aromatic N) is 3. The van der Waals surface area contributed by atoms with Crippen LogP contribution in [0.1, 0.15) is 104 Å². The summed E-state index contributed by atoms with van der Waals surface area (Å²) in [6.45, 7) is 5.42. The number of hydrogen-bond acceptors (Lipinski definition) is 10. The molecule has 6 aliphatic rings. The molecule has 9 atom stereocenters. The molecule has 5 fully saturated rings. The summed E-state index contributed by atoms with van der Waals surface area (Å²) in [7, 11) is -4.08. The lowest BCUT2D eigenvalue weighted by Crippen LogP contribution is -2.49. The fraction of sp³-hybridized carbons (Fsp3) is 0.707. The number of nitrogens with one attached hydrogen (secondary N) is 1. The number of sulfonamides is 1. The Labute approximate surface area is 336 Å². The number of fused-ring (bicyclic) bond motifs is 7. The van der Waals surface area contributed by atoms with Crippen molar-refractivity contribution < 1.29 is 45.9 Å². The molecule has 1 aromatic carbocycles. The third-order valence-corrected chi connectivity index (χ3v) is 15.5. The van der Waals surface area contributed by atoms with Crippen molar-refractivity contribution in [2.45, 2.75) is 134 Å². The van der Waals surface area contributed by atoms with Crippen molar-refractivity contribution in [1.29, 1.82) is 0 Å². The van der Waals surface area contributed by atoms with Crippen LogP contribution in [0.2, 0.25) is 5.02 Å². The lowest BCUT2D eigenvalue weighted by atomic mass is 9.77. The third kappa shape index (κ3) is 8.25. The Morgan fingerprint density at radius 3 is 2.49 bits per heavy atom. The molecular formula is C41H51ClF2N4O8S. The number of rotatable bonds is 7. The molecule has 8 rings (SSSR count). The van der Waals surface area contributed by atoms with Crippen LogP contribution in [0.4, 0.5) is 8.78 Å². The zero-order valence-electron chi connectivity index (χ0n) is 32.6. The number of ketones is 1. The number of amides is 2. The van der Waals surface area contributed by atoms with E-state index in [1.807, 2.05) is 25.5 Å². The van der Waals surface area contributed by atoms with Gasteiger partial charge in [0.15, 0.2) is 5.78 Å². The Balaban J connectivity index is 1.13. The van der Waals surface area contributed by atoms with Crippen LogP contribution >= 0.6 is 11.6 Å². The van der Waals surface area contributed by atoms with Crippen molar-refractivity contribution in [3.8, 4) is 5.88 Å². The Morgan fingerprint density at radius 1 is 1.02 bits per heavy atom. The second kappa shape index (κ2) is 15.0. The van der Waals surface area contributed by atoms with Crippen molar-refractivity contribution in [1.82, 2.24) is 19.6 Å². The molecular weight excluding hydrogens is 782 g/mol. The molecule has 0 spiro atoms. The maximum Gasteiger partial charge on any atom is 0.306 e. The first-order valence-corrected chi connectivity index (χ1v) is 22.4. The quantitative estimate of drug-likeness (QED) is 0.318. The van der Waals surface area contributed by atoms with Crippen LogP contribution in [0.5, 0.6) is 5.88 Å². The average Bonchev–Trinajstić information content (AvgIpc) is 4.07. The van der Waals surface area contributed by atoms with E-state index in [1.165, 1.54) is 4.90 Å². The fourth-order valence-corrected chi connectivity index (χ4v) is 11.3. The third-order valence-electron chi connectivity index (χ3n) is 13.4. The number of benzene rings is 1. The topological polar surface area (TPSA) is 162 Å². The molecule has 4 aliphatic carbocycles. The SMILES string of the molecule is CC(C)(C)[C@@H]1CC(=O)O[C@@H]2C[C@@H]3C[C@@H]3[C@H]2CCCCCc2nc3ccc(Cl)cc3nc2O[C@@H]2C[C@@H](C(=O)C[C@]3(C(=O)NS(=O)(=O)C4CC4)C[C@H]3C(F)F)N(C2)C1=O. The molecule has 2 bridgehead atoms. The van der Waals surface area contributed by atoms with Crippen LogP contribution in [0.3, 0.4) is 0 Å². The predicted molar refractivity (Wildman–Crippen MR) is 205 cm³/mol. The van der Waals surface area contributed by atoms with Crippen molar-refractivity contribution >= 4 is 56.2 Å². The van der Waals surface area contributed by atoms with Crippen LogP contribution in [0.15, 0.2) is 18.2 Å². The van der Waals surface area contributed by atoms with Crippen LogP contribution in [0, 0.1) is 40.4 Å². The van der Waals surface area contributed by atoms with Gasteiger partial charge in [0.05, 0.1) is 46.6 Å². The number of halogens is 3. The van der Waals surface area contributed by atoms with Crippen molar-refractivity contribution in [2.75, 3.05) is 6.54 Å². The van der Waals surface area contributed by atoms with E-state index in [2.05, 4.69) is 0 Å². The molecule has 4 saturated carbocycles. The Morgan fingerprint density at radius 2 is 1.79 bits per heavy atom. The van der Waals surface area contributed by atoms with Gasteiger partial charge >= 0.3 is 5.97 Å². The van der Waals surface area contributed by atoms with Crippen molar-refractivity contribution in [2.24, 2.45) is 40.4 Å². The molecule has 2 aliphatic heterocycles. The highest BCUT2D eigenvalue weighted by Gasteiger charge is 2.66. The van der Waals surface area contributed by atoms with Crippen LogP contribution < -0.4 is 9.46 Å². The van der Waals surface area contributed by atoms with Gasteiger partial charge in [0, 0.05) is 23.8 Å². The zero-order chi connectivity index (χ0) is 40.6. The summed E-state index contributed by atoms with van der Waals surface area (Å²) in [6.07, 6.45) is 1.50. The molecule has 57 heavy (non-hydrogen) atoms. The number of alkyl halides is 2. The van der Waals surface area contributed by atoms with Gasteiger partial charge in [-0.05, 0) is 92.7 Å². The fourth-order valence-electron chi connectivity index (χ4n) is 9.77. The highest BCUT2D eigenvalue weighted by molar-refractivity contribution is 7.90. The first-order valence-electron chi connectivity index (χ1n) is 20.4. The van der Waals surface area contributed by atoms with Gasteiger partial charge in [0.25, 0.3) is 0 Å². The highest BCUT2D eigenvalue weighted by Crippen LogP contribution is 2.60. The molecule has 2 amide bonds. The van der Waals surface area contributed by atoms with E-state index in [1.54, 1.807) is 18.2 Å². The van der Waals surface area contributed by atoms with Crippen LogP contribution in [-0.2, 0) is 40.4 Å². The second-order valence-corrected chi connectivity index (χ2v) is 20.9. The van der Waals surface area contributed by atoms with Crippen molar-refractivity contribution in [3.63, 3.8) is 0 Å². The largest absolute Gasteiger partial charge is 0.471 e. The van der Waals surface area contributed by atoms with E-state index in [0.29, 0.717) is 52.8 Å². The number of Topliss-reactive ketones (excluding diaryl/α,β-unsaturated/α-hetero) is 1. The number of hydrogen-bond donors (Lipinski definition) is 1. The highest BCUT2D eigenvalue weighted by atomic mass is 35.5.